The highest BCUT2D eigenvalue weighted by Gasteiger charge is 2.24. The average Bonchev–Trinajstić information content (AvgIpc) is 2.47. The largest absolute Gasteiger partial charge is 0.462 e. The van der Waals surface area contributed by atoms with E-state index in [2.05, 4.69) is 6.58 Å². The molecule has 0 amide bonds. The molecule has 1 aliphatic carbocycles. The number of ether oxygens (including phenoxy) is 1. The molecule has 0 N–H and O–H groups in total. The lowest BCUT2D eigenvalue weighted by Gasteiger charge is -2.28. The van der Waals surface area contributed by atoms with E-state index in [9.17, 15) is 9.18 Å². The molecule has 0 aliphatic heterocycles. The first-order chi connectivity index (χ1) is 9.69. The molecule has 2 nitrogen and oxygen atoms in total. The molecule has 0 atom stereocenters. The number of benzene rings is 1. The van der Waals surface area contributed by atoms with Crippen LogP contribution in [0.4, 0.5) is 4.39 Å². The van der Waals surface area contributed by atoms with E-state index >= 15 is 0 Å². The quantitative estimate of drug-likeness (QED) is 0.590. The van der Waals surface area contributed by atoms with E-state index in [1.54, 1.807) is 6.08 Å². The number of esters is 1. The minimum Gasteiger partial charge on any atom is -0.462 e. The van der Waals surface area contributed by atoms with Gasteiger partial charge in [0.1, 0.15) is 11.9 Å². The maximum Gasteiger partial charge on any atom is 0.306 e. The Kier molecular flexibility index (Phi) is 5.33. The smallest absolute Gasteiger partial charge is 0.306 e. The second kappa shape index (κ2) is 7.22. The van der Waals surface area contributed by atoms with Gasteiger partial charge in [-0.3, -0.25) is 4.79 Å². The summed E-state index contributed by atoms with van der Waals surface area (Å²) < 4.78 is 18.3. The molecule has 1 aromatic carbocycles. The highest BCUT2D eigenvalue weighted by Crippen LogP contribution is 2.34. The summed E-state index contributed by atoms with van der Waals surface area (Å²) in [5, 5.41) is 0. The van der Waals surface area contributed by atoms with Gasteiger partial charge in [-0.15, -0.1) is 6.58 Å². The molecule has 0 spiro atoms. The molecule has 0 saturated heterocycles. The third-order valence-corrected chi connectivity index (χ3v) is 3.87. The minimum absolute atomic E-state index is 0.0454. The summed E-state index contributed by atoms with van der Waals surface area (Å²) in [6.07, 6.45) is 6.63. The van der Waals surface area contributed by atoms with Gasteiger partial charge in [0.2, 0.25) is 0 Å². The number of allylic oxidation sites excluding steroid dienone is 1. The van der Waals surface area contributed by atoms with Crippen LogP contribution in [-0.4, -0.2) is 12.1 Å². The lowest BCUT2D eigenvalue weighted by atomic mass is 9.83. The molecule has 20 heavy (non-hydrogen) atoms. The molecular weight excluding hydrogens is 255 g/mol. The molecule has 0 aromatic heterocycles. The van der Waals surface area contributed by atoms with Crippen molar-refractivity contribution in [1.82, 2.24) is 0 Å². The van der Waals surface area contributed by atoms with Crippen molar-refractivity contribution in [1.29, 1.82) is 0 Å². The zero-order chi connectivity index (χ0) is 14.4. The van der Waals surface area contributed by atoms with Crippen LogP contribution in [0.1, 0.15) is 50.0 Å². The van der Waals surface area contributed by atoms with Crippen molar-refractivity contribution in [3.63, 3.8) is 0 Å². The molecule has 0 heterocycles. The normalized spacial score (nSPS) is 22.2. The Labute approximate surface area is 119 Å². The van der Waals surface area contributed by atoms with Crippen molar-refractivity contribution in [3.8, 4) is 0 Å². The Morgan fingerprint density at radius 1 is 1.25 bits per heavy atom. The third kappa shape index (κ3) is 4.19. The summed E-state index contributed by atoms with van der Waals surface area (Å²) in [5.74, 6) is 0.132. The Bertz CT molecular complexity index is 445. The van der Waals surface area contributed by atoms with Crippen LogP contribution in [0.5, 0.6) is 0 Å². The molecule has 1 aliphatic rings. The van der Waals surface area contributed by atoms with E-state index in [-0.39, 0.29) is 17.9 Å². The van der Waals surface area contributed by atoms with Crippen LogP contribution in [0.3, 0.4) is 0 Å². The van der Waals surface area contributed by atoms with Gasteiger partial charge in [-0.05, 0) is 55.7 Å². The van der Waals surface area contributed by atoms with Gasteiger partial charge >= 0.3 is 5.97 Å². The van der Waals surface area contributed by atoms with Crippen LogP contribution in [0.2, 0.25) is 0 Å². The van der Waals surface area contributed by atoms with E-state index in [1.807, 2.05) is 12.1 Å². The number of halogens is 1. The van der Waals surface area contributed by atoms with Crippen LogP contribution in [-0.2, 0) is 9.53 Å². The molecule has 108 valence electrons. The fourth-order valence-electron chi connectivity index (χ4n) is 2.71. The van der Waals surface area contributed by atoms with Crippen LogP contribution < -0.4 is 0 Å². The summed E-state index contributed by atoms with van der Waals surface area (Å²) in [5.41, 5.74) is 1.18. The molecule has 0 radical (unpaired) electrons. The SMILES string of the molecule is C=CCCC(=O)O[C@H]1CC[C@H](c2ccc(F)cc2)CC1. The van der Waals surface area contributed by atoms with Gasteiger partial charge in [0.05, 0.1) is 0 Å². The van der Waals surface area contributed by atoms with E-state index in [1.165, 1.54) is 17.7 Å². The number of rotatable bonds is 5. The standard InChI is InChI=1S/C17H21FO2/c1-2-3-4-17(19)20-16-11-7-14(8-12-16)13-5-9-15(18)10-6-13/h2,5-6,9-10,14,16H,1,3-4,7-8,11-12H2/t14-,16-. The summed E-state index contributed by atoms with van der Waals surface area (Å²) in [4.78, 5) is 11.5. The van der Waals surface area contributed by atoms with E-state index in [0.29, 0.717) is 18.8 Å². The highest BCUT2D eigenvalue weighted by molar-refractivity contribution is 5.69. The molecule has 1 fully saturated rings. The molecule has 0 bridgehead atoms. The topological polar surface area (TPSA) is 26.3 Å². The Morgan fingerprint density at radius 2 is 1.90 bits per heavy atom. The highest BCUT2D eigenvalue weighted by atomic mass is 19.1. The first kappa shape index (κ1) is 14.8. The fourth-order valence-corrected chi connectivity index (χ4v) is 2.71. The van der Waals surface area contributed by atoms with Gasteiger partial charge in [0.25, 0.3) is 0 Å². The number of carbonyl (C=O) groups is 1. The van der Waals surface area contributed by atoms with Gasteiger partial charge in [-0.25, -0.2) is 4.39 Å². The summed E-state index contributed by atoms with van der Waals surface area (Å²) in [6, 6.07) is 6.74. The van der Waals surface area contributed by atoms with Crippen molar-refractivity contribution in [2.24, 2.45) is 0 Å². The molecule has 1 aromatic rings. The van der Waals surface area contributed by atoms with E-state index in [0.717, 1.165) is 25.7 Å². The predicted octanol–water partition coefficient (Wildman–Crippen LogP) is 4.36. The Hall–Kier alpha value is -1.64. The number of hydrogen-bond donors (Lipinski definition) is 0. The van der Waals surface area contributed by atoms with Crippen molar-refractivity contribution in [2.45, 2.75) is 50.5 Å². The van der Waals surface area contributed by atoms with Gasteiger partial charge in [-0.1, -0.05) is 18.2 Å². The van der Waals surface area contributed by atoms with Gasteiger partial charge in [0.15, 0.2) is 0 Å². The van der Waals surface area contributed by atoms with E-state index < -0.39 is 0 Å². The summed E-state index contributed by atoms with van der Waals surface area (Å²) >= 11 is 0. The average molecular weight is 276 g/mol. The second-order valence-electron chi connectivity index (χ2n) is 5.34. The van der Waals surface area contributed by atoms with Crippen molar-refractivity contribution < 1.29 is 13.9 Å². The van der Waals surface area contributed by atoms with Crippen LogP contribution in [0.25, 0.3) is 0 Å². The van der Waals surface area contributed by atoms with Crippen LogP contribution in [0, 0.1) is 5.82 Å². The summed E-state index contributed by atoms with van der Waals surface area (Å²) in [6.45, 7) is 3.59. The Morgan fingerprint density at radius 3 is 2.50 bits per heavy atom. The second-order valence-corrected chi connectivity index (χ2v) is 5.34. The minimum atomic E-state index is -0.196. The van der Waals surface area contributed by atoms with E-state index in [4.69, 9.17) is 4.74 Å². The summed E-state index contributed by atoms with van der Waals surface area (Å²) in [7, 11) is 0. The van der Waals surface area contributed by atoms with Crippen molar-refractivity contribution >= 4 is 5.97 Å². The third-order valence-electron chi connectivity index (χ3n) is 3.87. The molecule has 1 saturated carbocycles. The van der Waals surface area contributed by atoms with Gasteiger partial charge in [-0.2, -0.15) is 0 Å². The predicted molar refractivity (Wildman–Crippen MR) is 76.9 cm³/mol. The number of carbonyl (C=O) groups excluding carboxylic acids is 1. The monoisotopic (exact) mass is 276 g/mol. The van der Waals surface area contributed by atoms with Crippen LogP contribution in [0.15, 0.2) is 36.9 Å². The first-order valence-corrected chi connectivity index (χ1v) is 7.25. The molecule has 2 rings (SSSR count). The zero-order valence-corrected chi connectivity index (χ0v) is 11.7. The Balaban J connectivity index is 1.78. The molecule has 3 heteroatoms. The van der Waals surface area contributed by atoms with Crippen molar-refractivity contribution in [2.75, 3.05) is 0 Å². The van der Waals surface area contributed by atoms with Crippen LogP contribution >= 0.6 is 0 Å². The lowest BCUT2D eigenvalue weighted by molar-refractivity contribution is -0.150. The number of hydrogen-bond acceptors (Lipinski definition) is 2. The fraction of sp³-hybridized carbons (Fsp3) is 0.471. The van der Waals surface area contributed by atoms with Gasteiger partial charge < -0.3 is 4.74 Å². The maximum atomic E-state index is 12.9. The lowest BCUT2D eigenvalue weighted by Crippen LogP contribution is -2.23. The molecular formula is C17H21FO2. The zero-order valence-electron chi connectivity index (χ0n) is 11.7. The van der Waals surface area contributed by atoms with Gasteiger partial charge in [0, 0.05) is 6.42 Å². The first-order valence-electron chi connectivity index (χ1n) is 7.25. The van der Waals surface area contributed by atoms with Crippen molar-refractivity contribution in [3.05, 3.63) is 48.3 Å². The molecule has 0 unspecified atom stereocenters. The maximum absolute atomic E-state index is 12.9.